The maximum atomic E-state index is 12.3. The third-order valence-corrected chi connectivity index (χ3v) is 6.11. The fourth-order valence-corrected chi connectivity index (χ4v) is 4.72. The zero-order valence-electron chi connectivity index (χ0n) is 15.6. The predicted octanol–water partition coefficient (Wildman–Crippen LogP) is 3.96. The number of para-hydroxylation sites is 1. The molecule has 3 aromatic heterocycles. The molecule has 1 N–H and O–H groups in total. The highest BCUT2D eigenvalue weighted by molar-refractivity contribution is 7.25. The van der Waals surface area contributed by atoms with Crippen molar-refractivity contribution in [2.45, 2.75) is 39.1 Å². The molecule has 1 aliphatic heterocycles. The van der Waals surface area contributed by atoms with Crippen LogP contribution >= 0.6 is 11.3 Å². The van der Waals surface area contributed by atoms with Crippen LogP contribution in [0.1, 0.15) is 30.7 Å². The molecule has 0 saturated heterocycles. The summed E-state index contributed by atoms with van der Waals surface area (Å²) >= 11 is 1.38. The molecule has 0 fully saturated rings. The number of aromatic nitrogens is 3. The van der Waals surface area contributed by atoms with Gasteiger partial charge in [-0.2, -0.15) is 0 Å². The van der Waals surface area contributed by atoms with Gasteiger partial charge in [-0.15, -0.1) is 11.3 Å². The van der Waals surface area contributed by atoms with E-state index in [0.717, 1.165) is 32.8 Å². The summed E-state index contributed by atoms with van der Waals surface area (Å²) in [6.45, 7) is 4.98. The number of hydrogen-bond donors (Lipinski definition) is 1. The third kappa shape index (κ3) is 2.87. The minimum atomic E-state index is -0.266. The first-order chi connectivity index (χ1) is 13.5. The van der Waals surface area contributed by atoms with Crippen LogP contribution < -0.4 is 10.3 Å². The molecule has 0 amide bonds. The van der Waals surface area contributed by atoms with Crippen molar-refractivity contribution in [1.82, 2.24) is 15.0 Å². The van der Waals surface area contributed by atoms with Gasteiger partial charge in [0.1, 0.15) is 21.9 Å². The maximum Gasteiger partial charge on any atom is 0.268 e. The molecule has 142 valence electrons. The van der Waals surface area contributed by atoms with Crippen LogP contribution in [0.5, 0.6) is 5.75 Å². The van der Waals surface area contributed by atoms with Gasteiger partial charge in [-0.05, 0) is 26.0 Å². The van der Waals surface area contributed by atoms with Gasteiger partial charge in [0.2, 0.25) is 0 Å². The zero-order valence-corrected chi connectivity index (χ0v) is 16.4. The maximum absolute atomic E-state index is 12.3. The van der Waals surface area contributed by atoms with Crippen LogP contribution in [0.3, 0.4) is 0 Å². The van der Waals surface area contributed by atoms with E-state index in [1.54, 1.807) is 0 Å². The van der Waals surface area contributed by atoms with Crippen LogP contribution in [0.2, 0.25) is 0 Å². The Morgan fingerprint density at radius 1 is 1.29 bits per heavy atom. The second-order valence-corrected chi connectivity index (χ2v) is 8.53. The van der Waals surface area contributed by atoms with Crippen LogP contribution in [0.4, 0.5) is 0 Å². The Kier molecular flexibility index (Phi) is 3.96. The summed E-state index contributed by atoms with van der Waals surface area (Å²) in [5.74, 6) is 0.795. The quantitative estimate of drug-likeness (QED) is 0.570. The second-order valence-electron chi connectivity index (χ2n) is 7.53. The minimum absolute atomic E-state index is 0.141. The van der Waals surface area contributed by atoms with E-state index in [1.165, 1.54) is 17.7 Å². The standard InChI is InChI=1S/C21H19N3O3S/c1-21(2)8-15-13(10-27-21)14(9-26-12-6-4-3-5-7-12)16-17-18(28-20(16)24-15)19(25)23-11-22-17/h3-7,11H,8-10H2,1-2H3,(H,22,23,25). The SMILES string of the molecule is CC1(C)Cc2nc3sc4c(=O)[nH]cnc4c3c(COc3ccccc3)c2CO1. The molecular weight excluding hydrogens is 374 g/mol. The van der Waals surface area contributed by atoms with Gasteiger partial charge in [0.05, 0.1) is 29.7 Å². The number of thiophene rings is 1. The molecular formula is C21H19N3O3S. The molecule has 1 aromatic carbocycles. The molecule has 0 radical (unpaired) electrons. The Balaban J connectivity index is 1.73. The van der Waals surface area contributed by atoms with Crippen LogP contribution in [0.25, 0.3) is 20.4 Å². The van der Waals surface area contributed by atoms with Crippen molar-refractivity contribution in [3.63, 3.8) is 0 Å². The lowest BCUT2D eigenvalue weighted by Crippen LogP contribution is -2.33. The molecule has 7 heteroatoms. The lowest BCUT2D eigenvalue weighted by molar-refractivity contribution is -0.0417. The number of pyridine rings is 1. The highest BCUT2D eigenvalue weighted by Crippen LogP contribution is 2.38. The van der Waals surface area contributed by atoms with Crippen molar-refractivity contribution in [2.75, 3.05) is 0 Å². The number of aromatic amines is 1. The van der Waals surface area contributed by atoms with E-state index in [-0.39, 0.29) is 11.2 Å². The van der Waals surface area contributed by atoms with Gasteiger partial charge in [-0.1, -0.05) is 18.2 Å². The van der Waals surface area contributed by atoms with Crippen molar-refractivity contribution < 1.29 is 9.47 Å². The number of hydrogen-bond acceptors (Lipinski definition) is 6. The Labute approximate surface area is 165 Å². The number of nitrogens with one attached hydrogen (secondary N) is 1. The van der Waals surface area contributed by atoms with Gasteiger partial charge < -0.3 is 14.5 Å². The smallest absolute Gasteiger partial charge is 0.268 e. The van der Waals surface area contributed by atoms with Crippen molar-refractivity contribution in [3.8, 4) is 5.75 Å². The molecule has 0 atom stereocenters. The van der Waals surface area contributed by atoms with E-state index in [9.17, 15) is 4.79 Å². The van der Waals surface area contributed by atoms with Crippen molar-refractivity contribution >= 4 is 31.8 Å². The van der Waals surface area contributed by atoms with Crippen LogP contribution in [-0.2, 0) is 24.4 Å². The van der Waals surface area contributed by atoms with Gasteiger partial charge in [0, 0.05) is 22.9 Å². The number of H-pyrrole nitrogens is 1. The van der Waals surface area contributed by atoms with E-state index in [0.29, 0.717) is 29.9 Å². The average molecular weight is 393 g/mol. The Hall–Kier alpha value is -2.77. The van der Waals surface area contributed by atoms with Gasteiger partial charge in [0.25, 0.3) is 5.56 Å². The molecule has 0 bridgehead atoms. The first kappa shape index (κ1) is 17.3. The highest BCUT2D eigenvalue weighted by atomic mass is 32.1. The molecule has 0 saturated carbocycles. The van der Waals surface area contributed by atoms with Crippen LogP contribution in [-0.4, -0.2) is 20.6 Å². The van der Waals surface area contributed by atoms with Crippen LogP contribution in [0.15, 0.2) is 41.5 Å². The molecule has 5 rings (SSSR count). The molecule has 0 spiro atoms. The first-order valence-electron chi connectivity index (χ1n) is 9.14. The fourth-order valence-electron chi connectivity index (χ4n) is 3.64. The van der Waals surface area contributed by atoms with Gasteiger partial charge in [0.15, 0.2) is 0 Å². The first-order valence-corrected chi connectivity index (χ1v) is 9.96. The van der Waals surface area contributed by atoms with Crippen molar-refractivity contribution in [3.05, 3.63) is 63.8 Å². The second kappa shape index (κ2) is 6.39. The summed E-state index contributed by atoms with van der Waals surface area (Å²) in [6, 6.07) is 9.70. The molecule has 0 unspecified atom stereocenters. The Morgan fingerprint density at radius 2 is 2.11 bits per heavy atom. The fraction of sp³-hybridized carbons (Fsp3) is 0.286. The van der Waals surface area contributed by atoms with E-state index >= 15 is 0 Å². The number of benzene rings is 1. The van der Waals surface area contributed by atoms with E-state index in [1.807, 2.05) is 30.3 Å². The molecule has 0 aliphatic carbocycles. The lowest BCUT2D eigenvalue weighted by atomic mass is 9.92. The molecule has 1 aliphatic rings. The highest BCUT2D eigenvalue weighted by Gasteiger charge is 2.31. The summed E-state index contributed by atoms with van der Waals surface area (Å²) in [4.78, 5) is 25.1. The van der Waals surface area contributed by atoms with Crippen molar-refractivity contribution in [2.24, 2.45) is 0 Å². The topological polar surface area (TPSA) is 77.1 Å². The average Bonchev–Trinajstić information content (AvgIpc) is 3.05. The third-order valence-electron chi connectivity index (χ3n) is 5.04. The summed E-state index contributed by atoms with van der Waals surface area (Å²) in [5, 5.41) is 0.893. The summed E-state index contributed by atoms with van der Waals surface area (Å²) in [7, 11) is 0. The lowest BCUT2D eigenvalue weighted by Gasteiger charge is -2.32. The van der Waals surface area contributed by atoms with Gasteiger partial charge in [-0.25, -0.2) is 9.97 Å². The normalized spacial score (nSPS) is 15.6. The Morgan fingerprint density at radius 3 is 2.93 bits per heavy atom. The minimum Gasteiger partial charge on any atom is -0.489 e. The van der Waals surface area contributed by atoms with Crippen LogP contribution in [0, 0.1) is 0 Å². The van der Waals surface area contributed by atoms with E-state index < -0.39 is 0 Å². The molecule has 6 nitrogen and oxygen atoms in total. The molecule has 4 aromatic rings. The van der Waals surface area contributed by atoms with Gasteiger partial charge >= 0.3 is 0 Å². The molecule has 4 heterocycles. The van der Waals surface area contributed by atoms with Gasteiger partial charge in [-0.3, -0.25) is 4.79 Å². The predicted molar refractivity (Wildman–Crippen MR) is 109 cm³/mol. The van der Waals surface area contributed by atoms with E-state index in [4.69, 9.17) is 14.5 Å². The number of fused-ring (bicyclic) bond motifs is 4. The number of rotatable bonds is 3. The number of ether oxygens (including phenoxy) is 2. The van der Waals surface area contributed by atoms with Crippen molar-refractivity contribution in [1.29, 1.82) is 0 Å². The summed E-state index contributed by atoms with van der Waals surface area (Å²) in [6.07, 6.45) is 2.16. The largest absolute Gasteiger partial charge is 0.489 e. The monoisotopic (exact) mass is 393 g/mol. The Bertz CT molecular complexity index is 1240. The van der Waals surface area contributed by atoms with E-state index in [2.05, 4.69) is 23.8 Å². The number of nitrogens with zero attached hydrogens (tertiary/aromatic N) is 2. The molecule has 28 heavy (non-hydrogen) atoms. The zero-order chi connectivity index (χ0) is 19.3. The summed E-state index contributed by atoms with van der Waals surface area (Å²) in [5.41, 5.74) is 3.33. The summed E-state index contributed by atoms with van der Waals surface area (Å²) < 4.78 is 12.7.